The molecule has 1 nitrogen and oxygen atoms in total. The first-order valence-corrected chi connectivity index (χ1v) is 5.14. The van der Waals surface area contributed by atoms with Crippen molar-refractivity contribution in [3.05, 3.63) is 58.9 Å². The van der Waals surface area contributed by atoms with Gasteiger partial charge in [0.2, 0.25) is 0 Å². The summed E-state index contributed by atoms with van der Waals surface area (Å²) in [6.07, 6.45) is 0. The number of benzene rings is 1. The molecule has 0 N–H and O–H groups in total. The zero-order valence-corrected chi connectivity index (χ0v) is 9.30. The Morgan fingerprint density at radius 3 is 2.25 bits per heavy atom. The van der Waals surface area contributed by atoms with Crippen LogP contribution in [-0.4, -0.2) is 4.57 Å². The van der Waals surface area contributed by atoms with E-state index in [1.165, 1.54) is 12.1 Å². The highest BCUT2D eigenvalue weighted by molar-refractivity contribution is 5.22. The van der Waals surface area contributed by atoms with Crippen LogP contribution in [-0.2, 0) is 6.54 Å². The lowest BCUT2D eigenvalue weighted by Crippen LogP contribution is -2.05. The Balaban J connectivity index is 2.37. The molecule has 0 amide bonds. The third kappa shape index (κ3) is 1.98. The van der Waals surface area contributed by atoms with E-state index in [0.29, 0.717) is 12.1 Å². The van der Waals surface area contributed by atoms with E-state index >= 15 is 0 Å². The second kappa shape index (κ2) is 4.08. The number of hydrogen-bond donors (Lipinski definition) is 0. The highest BCUT2D eigenvalue weighted by atomic mass is 19.1. The van der Waals surface area contributed by atoms with Crippen LogP contribution in [0.5, 0.6) is 0 Å². The minimum atomic E-state index is -0.404. The van der Waals surface area contributed by atoms with Gasteiger partial charge < -0.3 is 4.57 Å². The van der Waals surface area contributed by atoms with Crippen molar-refractivity contribution in [2.24, 2.45) is 0 Å². The van der Waals surface area contributed by atoms with Gasteiger partial charge in [-0.1, -0.05) is 0 Å². The predicted octanol–water partition coefficient (Wildman–Crippen LogP) is 3.43. The molecule has 0 unspecified atom stereocenters. The molecule has 16 heavy (non-hydrogen) atoms. The first-order chi connectivity index (χ1) is 7.58. The third-order valence-electron chi connectivity index (χ3n) is 2.75. The summed E-state index contributed by atoms with van der Waals surface area (Å²) in [4.78, 5) is 0. The number of nitrogens with zero attached hydrogens (tertiary/aromatic N) is 1. The van der Waals surface area contributed by atoms with E-state index < -0.39 is 5.82 Å². The van der Waals surface area contributed by atoms with Gasteiger partial charge >= 0.3 is 0 Å². The van der Waals surface area contributed by atoms with Crippen LogP contribution >= 0.6 is 0 Å². The second-order valence-corrected chi connectivity index (χ2v) is 3.94. The SMILES string of the molecule is Cc1ccc(C)n1Cc1cc(F)ccc1F. The first-order valence-electron chi connectivity index (χ1n) is 5.14. The molecule has 0 fully saturated rings. The van der Waals surface area contributed by atoms with Crippen LogP contribution in [0.2, 0.25) is 0 Å². The zero-order valence-electron chi connectivity index (χ0n) is 9.30. The van der Waals surface area contributed by atoms with Gasteiger partial charge in [0.15, 0.2) is 0 Å². The molecule has 1 heterocycles. The summed E-state index contributed by atoms with van der Waals surface area (Å²) in [5, 5.41) is 0. The molecule has 0 aliphatic heterocycles. The fourth-order valence-electron chi connectivity index (χ4n) is 1.78. The Morgan fingerprint density at radius 1 is 1.00 bits per heavy atom. The molecule has 0 saturated carbocycles. The third-order valence-corrected chi connectivity index (χ3v) is 2.75. The Hall–Kier alpha value is -1.64. The smallest absolute Gasteiger partial charge is 0.128 e. The molecule has 2 aromatic rings. The molecule has 2 rings (SSSR count). The van der Waals surface area contributed by atoms with Gasteiger partial charge in [0, 0.05) is 17.0 Å². The molecule has 0 spiro atoms. The maximum atomic E-state index is 13.4. The monoisotopic (exact) mass is 221 g/mol. The average Bonchev–Trinajstić information content (AvgIpc) is 2.55. The van der Waals surface area contributed by atoms with Crippen molar-refractivity contribution in [3.63, 3.8) is 0 Å². The highest BCUT2D eigenvalue weighted by Gasteiger charge is 2.07. The van der Waals surface area contributed by atoms with Crippen molar-refractivity contribution < 1.29 is 8.78 Å². The molecule has 0 atom stereocenters. The number of halogens is 2. The average molecular weight is 221 g/mol. The summed E-state index contributed by atoms with van der Waals surface area (Å²) < 4.78 is 28.4. The van der Waals surface area contributed by atoms with Crippen LogP contribution in [0, 0.1) is 25.5 Å². The fourth-order valence-corrected chi connectivity index (χ4v) is 1.78. The zero-order chi connectivity index (χ0) is 11.7. The molecule has 84 valence electrons. The van der Waals surface area contributed by atoms with Crippen molar-refractivity contribution in [2.45, 2.75) is 20.4 Å². The van der Waals surface area contributed by atoms with E-state index in [0.717, 1.165) is 17.5 Å². The molecule has 0 bridgehead atoms. The van der Waals surface area contributed by atoms with Crippen LogP contribution in [0.1, 0.15) is 17.0 Å². The van der Waals surface area contributed by atoms with E-state index in [1.54, 1.807) is 0 Å². The molecule has 1 aromatic carbocycles. The summed E-state index contributed by atoms with van der Waals surface area (Å²) >= 11 is 0. The molecule has 0 aliphatic carbocycles. The molecular weight excluding hydrogens is 208 g/mol. The van der Waals surface area contributed by atoms with E-state index in [2.05, 4.69) is 0 Å². The lowest BCUT2D eigenvalue weighted by atomic mass is 10.2. The van der Waals surface area contributed by atoms with Gasteiger partial charge in [0.05, 0.1) is 6.54 Å². The normalized spacial score (nSPS) is 10.8. The summed E-state index contributed by atoms with van der Waals surface area (Å²) in [6.45, 7) is 4.27. The van der Waals surface area contributed by atoms with Crippen LogP contribution in [0.3, 0.4) is 0 Å². The van der Waals surface area contributed by atoms with Gasteiger partial charge in [0.1, 0.15) is 11.6 Å². The summed E-state index contributed by atoms with van der Waals surface area (Å²) in [5.41, 5.74) is 2.46. The summed E-state index contributed by atoms with van der Waals surface area (Å²) in [6, 6.07) is 7.47. The lowest BCUT2D eigenvalue weighted by molar-refractivity contribution is 0.574. The minimum absolute atomic E-state index is 0.367. The van der Waals surface area contributed by atoms with Crippen molar-refractivity contribution in [1.29, 1.82) is 0 Å². The van der Waals surface area contributed by atoms with Crippen LogP contribution in [0.15, 0.2) is 30.3 Å². The number of hydrogen-bond acceptors (Lipinski definition) is 0. The molecule has 0 saturated heterocycles. The standard InChI is InChI=1S/C13H13F2N/c1-9-3-4-10(2)16(9)8-11-7-12(14)5-6-13(11)15/h3-7H,8H2,1-2H3. The van der Waals surface area contributed by atoms with Gasteiger partial charge in [-0.25, -0.2) is 8.78 Å². The molecule has 0 radical (unpaired) electrons. The largest absolute Gasteiger partial charge is 0.345 e. The topological polar surface area (TPSA) is 4.93 Å². The summed E-state index contributed by atoms with van der Waals surface area (Å²) in [7, 11) is 0. The van der Waals surface area contributed by atoms with E-state index in [-0.39, 0.29) is 5.82 Å². The van der Waals surface area contributed by atoms with E-state index in [4.69, 9.17) is 0 Å². The molecular formula is C13H13F2N. The molecule has 1 aromatic heterocycles. The van der Waals surface area contributed by atoms with Gasteiger partial charge in [-0.05, 0) is 44.2 Å². The van der Waals surface area contributed by atoms with Crippen molar-refractivity contribution >= 4 is 0 Å². The predicted molar refractivity (Wildman–Crippen MR) is 59.4 cm³/mol. The minimum Gasteiger partial charge on any atom is -0.345 e. The second-order valence-electron chi connectivity index (χ2n) is 3.94. The van der Waals surface area contributed by atoms with Crippen LogP contribution < -0.4 is 0 Å². The van der Waals surface area contributed by atoms with Gasteiger partial charge in [-0.3, -0.25) is 0 Å². The van der Waals surface area contributed by atoms with Gasteiger partial charge in [-0.15, -0.1) is 0 Å². The van der Waals surface area contributed by atoms with Crippen molar-refractivity contribution in [2.75, 3.05) is 0 Å². The maximum absolute atomic E-state index is 13.4. The fraction of sp³-hybridized carbons (Fsp3) is 0.231. The number of rotatable bonds is 2. The Kier molecular flexibility index (Phi) is 2.77. The van der Waals surface area contributed by atoms with Gasteiger partial charge in [-0.2, -0.15) is 0 Å². The quantitative estimate of drug-likeness (QED) is 0.732. The Bertz CT molecular complexity index is 495. The first kappa shape index (κ1) is 10.9. The number of aromatic nitrogens is 1. The van der Waals surface area contributed by atoms with Crippen LogP contribution in [0.4, 0.5) is 8.78 Å². The van der Waals surface area contributed by atoms with Crippen molar-refractivity contribution in [1.82, 2.24) is 4.57 Å². The van der Waals surface area contributed by atoms with E-state index in [1.807, 2.05) is 30.5 Å². The number of aryl methyl sites for hydroxylation is 2. The van der Waals surface area contributed by atoms with E-state index in [9.17, 15) is 8.78 Å². The highest BCUT2D eigenvalue weighted by Crippen LogP contribution is 2.15. The lowest BCUT2D eigenvalue weighted by Gasteiger charge is -2.10. The molecule has 0 aliphatic rings. The Morgan fingerprint density at radius 2 is 1.62 bits per heavy atom. The summed E-state index contributed by atoms with van der Waals surface area (Å²) in [5.74, 6) is -0.771. The van der Waals surface area contributed by atoms with Crippen LogP contribution in [0.25, 0.3) is 0 Å². The van der Waals surface area contributed by atoms with Gasteiger partial charge in [0.25, 0.3) is 0 Å². The Labute approximate surface area is 93.3 Å². The maximum Gasteiger partial charge on any atom is 0.128 e. The van der Waals surface area contributed by atoms with Crippen molar-refractivity contribution in [3.8, 4) is 0 Å². The molecule has 3 heteroatoms.